The zero-order valence-corrected chi connectivity index (χ0v) is 14.7. The quantitative estimate of drug-likeness (QED) is 0.676. The third-order valence-electron chi connectivity index (χ3n) is 4.10. The summed E-state index contributed by atoms with van der Waals surface area (Å²) in [5.74, 6) is -2.98. The lowest BCUT2D eigenvalue weighted by atomic mass is 9.82. The van der Waals surface area contributed by atoms with Crippen LogP contribution in [0.15, 0.2) is 30.4 Å². The molecule has 134 valence electrons. The van der Waals surface area contributed by atoms with Gasteiger partial charge in [-0.2, -0.15) is 0 Å². The number of carboxylic acid groups (broad SMARTS) is 1. The molecule has 0 unspecified atom stereocenters. The normalized spacial score (nSPS) is 19.3. The molecule has 0 spiro atoms. The second-order valence-electron chi connectivity index (χ2n) is 5.93. The number of halogens is 1. The maximum absolute atomic E-state index is 12.4. The molecule has 25 heavy (non-hydrogen) atoms. The lowest BCUT2D eigenvalue weighted by Gasteiger charge is -2.24. The number of carbonyl (C=O) groups excluding carboxylic acids is 2. The summed E-state index contributed by atoms with van der Waals surface area (Å²) in [5, 5.41) is 14.9. The number of allylic oxidation sites excluding steroid dienone is 2. The highest BCUT2D eigenvalue weighted by atomic mass is 35.5. The number of rotatable bonds is 6. The van der Waals surface area contributed by atoms with Crippen LogP contribution in [0.25, 0.3) is 0 Å². The smallest absolute Gasteiger partial charge is 0.307 e. The summed E-state index contributed by atoms with van der Waals surface area (Å²) in [5.41, 5.74) is 0.762. The Hall–Kier alpha value is -2.34. The first kappa shape index (κ1) is 19.0. The molecule has 0 heterocycles. The van der Waals surface area contributed by atoms with E-state index in [1.54, 1.807) is 18.2 Å². The summed E-state index contributed by atoms with van der Waals surface area (Å²) < 4.78 is 0. The lowest BCUT2D eigenvalue weighted by molar-refractivity contribution is -0.146. The minimum absolute atomic E-state index is 0.227. The number of anilines is 1. The zero-order valence-electron chi connectivity index (χ0n) is 13.9. The molecule has 2 amide bonds. The molecule has 0 aromatic heterocycles. The van der Waals surface area contributed by atoms with Gasteiger partial charge in [0, 0.05) is 12.2 Å². The number of benzene rings is 1. The maximum atomic E-state index is 12.4. The Morgan fingerprint density at radius 2 is 1.88 bits per heavy atom. The van der Waals surface area contributed by atoms with Gasteiger partial charge in [-0.25, -0.2) is 0 Å². The van der Waals surface area contributed by atoms with Crippen molar-refractivity contribution in [3.63, 3.8) is 0 Å². The highest BCUT2D eigenvalue weighted by Crippen LogP contribution is 2.28. The second kappa shape index (κ2) is 8.67. The minimum atomic E-state index is -0.981. The summed E-state index contributed by atoms with van der Waals surface area (Å²) in [6.45, 7) is 2.50. The molecule has 0 fully saturated rings. The number of aliphatic carboxylic acids is 1. The molecule has 2 rings (SSSR count). The molecule has 0 aliphatic heterocycles. The molecule has 0 saturated heterocycles. The lowest BCUT2D eigenvalue weighted by Crippen LogP contribution is -2.34. The van der Waals surface area contributed by atoms with Crippen molar-refractivity contribution in [1.82, 2.24) is 5.32 Å². The van der Waals surface area contributed by atoms with Crippen LogP contribution in [0, 0.1) is 11.8 Å². The predicted molar refractivity (Wildman–Crippen MR) is 95.7 cm³/mol. The number of nitrogens with one attached hydrogen (secondary N) is 2. The van der Waals surface area contributed by atoms with Gasteiger partial charge >= 0.3 is 5.97 Å². The molecular formula is C18H21ClN2O4. The van der Waals surface area contributed by atoms with Crippen LogP contribution in [0.2, 0.25) is 5.02 Å². The molecular weight excluding hydrogens is 344 g/mol. The van der Waals surface area contributed by atoms with Gasteiger partial charge in [-0.05, 0) is 37.5 Å². The Balaban J connectivity index is 2.08. The van der Waals surface area contributed by atoms with Crippen LogP contribution in [0.3, 0.4) is 0 Å². The van der Waals surface area contributed by atoms with Crippen LogP contribution in [-0.2, 0) is 9.59 Å². The molecule has 0 saturated carbocycles. The van der Waals surface area contributed by atoms with Crippen molar-refractivity contribution in [3.05, 3.63) is 40.9 Å². The Kier molecular flexibility index (Phi) is 6.58. The Morgan fingerprint density at radius 3 is 2.48 bits per heavy atom. The molecule has 0 bridgehead atoms. The van der Waals surface area contributed by atoms with Crippen molar-refractivity contribution in [1.29, 1.82) is 0 Å². The van der Waals surface area contributed by atoms with Gasteiger partial charge in [-0.1, -0.05) is 30.7 Å². The minimum Gasteiger partial charge on any atom is -0.481 e. The predicted octanol–water partition coefficient (Wildman–Crippen LogP) is 3.09. The van der Waals surface area contributed by atoms with E-state index in [0.29, 0.717) is 30.6 Å². The average Bonchev–Trinajstić information content (AvgIpc) is 2.59. The summed E-state index contributed by atoms with van der Waals surface area (Å²) >= 11 is 6.13. The van der Waals surface area contributed by atoms with E-state index in [0.717, 1.165) is 6.42 Å². The van der Waals surface area contributed by atoms with E-state index in [9.17, 15) is 19.5 Å². The van der Waals surface area contributed by atoms with E-state index < -0.39 is 17.8 Å². The van der Waals surface area contributed by atoms with Gasteiger partial charge in [-0.3, -0.25) is 14.4 Å². The molecule has 7 heteroatoms. The van der Waals surface area contributed by atoms with Crippen molar-refractivity contribution < 1.29 is 19.5 Å². The first-order valence-electron chi connectivity index (χ1n) is 8.20. The number of amides is 2. The van der Waals surface area contributed by atoms with Gasteiger partial charge in [0.25, 0.3) is 5.91 Å². The van der Waals surface area contributed by atoms with Crippen LogP contribution >= 0.6 is 11.6 Å². The van der Waals surface area contributed by atoms with Crippen molar-refractivity contribution in [2.24, 2.45) is 11.8 Å². The van der Waals surface area contributed by atoms with Crippen LogP contribution in [0.4, 0.5) is 5.69 Å². The van der Waals surface area contributed by atoms with Gasteiger partial charge in [0.2, 0.25) is 5.91 Å². The zero-order chi connectivity index (χ0) is 18.4. The monoisotopic (exact) mass is 364 g/mol. The van der Waals surface area contributed by atoms with E-state index in [1.807, 2.05) is 13.0 Å². The van der Waals surface area contributed by atoms with Gasteiger partial charge in [-0.15, -0.1) is 0 Å². The van der Waals surface area contributed by atoms with E-state index in [2.05, 4.69) is 10.6 Å². The van der Waals surface area contributed by atoms with Crippen molar-refractivity contribution >= 4 is 35.1 Å². The van der Waals surface area contributed by atoms with Gasteiger partial charge in [0.15, 0.2) is 0 Å². The molecule has 2 atom stereocenters. The summed E-state index contributed by atoms with van der Waals surface area (Å²) in [7, 11) is 0. The second-order valence-corrected chi connectivity index (χ2v) is 6.34. The number of carboxylic acids is 1. The number of carbonyl (C=O) groups is 3. The van der Waals surface area contributed by atoms with Crippen LogP contribution in [0.5, 0.6) is 0 Å². The summed E-state index contributed by atoms with van der Waals surface area (Å²) in [4.78, 5) is 35.7. The molecule has 1 aromatic rings. The summed E-state index contributed by atoms with van der Waals surface area (Å²) in [6.07, 6.45) is 5.14. The third kappa shape index (κ3) is 4.82. The molecule has 6 nitrogen and oxygen atoms in total. The van der Waals surface area contributed by atoms with Crippen LogP contribution in [-0.4, -0.2) is 29.4 Å². The van der Waals surface area contributed by atoms with E-state index in [1.165, 1.54) is 6.07 Å². The van der Waals surface area contributed by atoms with Crippen molar-refractivity contribution in [2.45, 2.75) is 26.2 Å². The van der Waals surface area contributed by atoms with Gasteiger partial charge in [0.1, 0.15) is 0 Å². The first-order valence-corrected chi connectivity index (χ1v) is 8.58. The van der Waals surface area contributed by atoms with Crippen LogP contribution in [0.1, 0.15) is 36.5 Å². The first-order chi connectivity index (χ1) is 11.9. The summed E-state index contributed by atoms with van der Waals surface area (Å²) in [6, 6.07) is 4.62. The van der Waals surface area contributed by atoms with E-state index >= 15 is 0 Å². The van der Waals surface area contributed by atoms with Gasteiger partial charge in [0.05, 0.1) is 22.4 Å². The molecule has 1 aliphatic carbocycles. The average molecular weight is 365 g/mol. The fraction of sp³-hybridized carbons (Fsp3) is 0.389. The van der Waals surface area contributed by atoms with E-state index in [4.69, 9.17) is 11.6 Å². The Labute approximate surface area is 151 Å². The number of hydrogen-bond acceptors (Lipinski definition) is 3. The molecule has 1 aliphatic rings. The Bertz CT molecular complexity index is 702. The maximum Gasteiger partial charge on any atom is 0.307 e. The van der Waals surface area contributed by atoms with Crippen LogP contribution < -0.4 is 10.6 Å². The van der Waals surface area contributed by atoms with Gasteiger partial charge < -0.3 is 15.7 Å². The van der Waals surface area contributed by atoms with Crippen molar-refractivity contribution in [3.8, 4) is 0 Å². The largest absolute Gasteiger partial charge is 0.481 e. The highest BCUT2D eigenvalue weighted by molar-refractivity contribution is 6.34. The standard InChI is InChI=1S/C18H21ClN2O4/c1-2-9-20-16(22)14-8-7-11(10-15(14)19)21-17(23)12-5-3-4-6-13(12)18(24)25/h3-4,7-8,10,12-13H,2,5-6,9H2,1H3,(H,20,22)(H,21,23)(H,24,25)/t12-,13+/m1/s1. The fourth-order valence-electron chi connectivity index (χ4n) is 2.72. The third-order valence-corrected chi connectivity index (χ3v) is 4.42. The molecule has 0 radical (unpaired) electrons. The molecule has 3 N–H and O–H groups in total. The Morgan fingerprint density at radius 1 is 1.20 bits per heavy atom. The van der Waals surface area contributed by atoms with E-state index in [-0.39, 0.29) is 16.8 Å². The molecule has 1 aromatic carbocycles. The SMILES string of the molecule is CCCNC(=O)c1ccc(NC(=O)[C@@H]2CC=CC[C@@H]2C(=O)O)cc1Cl. The number of hydrogen-bond donors (Lipinski definition) is 3. The topological polar surface area (TPSA) is 95.5 Å². The fourth-order valence-corrected chi connectivity index (χ4v) is 2.99. The van der Waals surface area contributed by atoms with Crippen molar-refractivity contribution in [2.75, 3.05) is 11.9 Å². The highest BCUT2D eigenvalue weighted by Gasteiger charge is 2.34.